The molecule has 4 heterocycles. The van der Waals surface area contributed by atoms with Crippen LogP contribution >= 0.6 is 11.6 Å². The Morgan fingerprint density at radius 2 is 1.96 bits per heavy atom. The van der Waals surface area contributed by atoms with Crippen molar-refractivity contribution < 1.29 is 0 Å². The minimum Gasteiger partial charge on any atom is -0.323 e. The summed E-state index contributed by atoms with van der Waals surface area (Å²) in [5.41, 5.74) is 4.73. The normalized spacial score (nSPS) is 14.9. The van der Waals surface area contributed by atoms with Crippen molar-refractivity contribution in [3.05, 3.63) is 70.6 Å². The van der Waals surface area contributed by atoms with Gasteiger partial charge in [-0.25, -0.2) is 4.98 Å². The Balaban J connectivity index is 1.55. The standard InChI is InChI=1S/C21H17ClN6/c1-13-6-7-15(12-24-13)26-21-25-11-14-10-17(16-4-2-3-5-18(16)22)20-23-8-9-28(20)19(14)27-21/h2-7,10-12H,8-9H2,1H3,(H,25,26,27). The van der Waals surface area contributed by atoms with Gasteiger partial charge in [-0.1, -0.05) is 29.8 Å². The average molecular weight is 389 g/mol. The van der Waals surface area contributed by atoms with E-state index in [9.17, 15) is 0 Å². The van der Waals surface area contributed by atoms with Crippen LogP contribution < -0.4 is 10.2 Å². The topological polar surface area (TPSA) is 66.3 Å². The molecule has 2 aliphatic heterocycles. The Morgan fingerprint density at radius 1 is 1.07 bits per heavy atom. The fourth-order valence-corrected chi connectivity index (χ4v) is 3.65. The number of nitrogens with one attached hydrogen (secondary N) is 1. The molecule has 1 aromatic carbocycles. The maximum atomic E-state index is 6.44. The molecule has 28 heavy (non-hydrogen) atoms. The summed E-state index contributed by atoms with van der Waals surface area (Å²) in [5, 5.41) is 3.93. The third-order valence-corrected chi connectivity index (χ3v) is 5.09. The van der Waals surface area contributed by atoms with Crippen molar-refractivity contribution in [2.45, 2.75) is 6.92 Å². The second kappa shape index (κ2) is 6.73. The van der Waals surface area contributed by atoms with E-state index in [0.717, 1.165) is 52.8 Å². The van der Waals surface area contributed by atoms with Crippen molar-refractivity contribution in [3.8, 4) is 0 Å². The highest BCUT2D eigenvalue weighted by Crippen LogP contribution is 2.37. The number of aromatic nitrogens is 3. The summed E-state index contributed by atoms with van der Waals surface area (Å²) in [4.78, 5) is 20.4. The molecule has 0 saturated heterocycles. The number of hydrogen-bond donors (Lipinski definition) is 1. The summed E-state index contributed by atoms with van der Waals surface area (Å²) < 4.78 is 0. The SMILES string of the molecule is Cc1ccc(Nc2ncc3c(n2)N2CCN=C2C(c2ccccc2Cl)=C3)cn1. The monoisotopic (exact) mass is 388 g/mol. The molecule has 2 aliphatic rings. The number of pyridine rings is 1. The van der Waals surface area contributed by atoms with Gasteiger partial charge in [-0.05, 0) is 31.2 Å². The van der Waals surface area contributed by atoms with Crippen molar-refractivity contribution in [3.63, 3.8) is 0 Å². The highest BCUT2D eigenvalue weighted by atomic mass is 35.5. The number of anilines is 3. The lowest BCUT2D eigenvalue weighted by atomic mass is 9.98. The van der Waals surface area contributed by atoms with Crippen LogP contribution in [0.3, 0.4) is 0 Å². The van der Waals surface area contributed by atoms with Gasteiger partial charge in [0.05, 0.1) is 18.4 Å². The molecule has 3 aromatic rings. The van der Waals surface area contributed by atoms with E-state index in [2.05, 4.69) is 26.3 Å². The van der Waals surface area contributed by atoms with Crippen LogP contribution in [0.25, 0.3) is 11.6 Å². The Bertz CT molecular complexity index is 1120. The van der Waals surface area contributed by atoms with Gasteiger partial charge in [-0.3, -0.25) is 9.98 Å². The predicted octanol–water partition coefficient (Wildman–Crippen LogP) is 4.35. The molecule has 0 saturated carbocycles. The summed E-state index contributed by atoms with van der Waals surface area (Å²) in [6.07, 6.45) is 5.67. The van der Waals surface area contributed by atoms with E-state index in [0.29, 0.717) is 11.0 Å². The molecule has 0 fully saturated rings. The lowest BCUT2D eigenvalue weighted by molar-refractivity contribution is 0.986. The third kappa shape index (κ3) is 2.92. The van der Waals surface area contributed by atoms with Gasteiger partial charge in [-0.2, -0.15) is 4.98 Å². The Morgan fingerprint density at radius 3 is 2.79 bits per heavy atom. The Labute approximate surface area is 167 Å². The number of amidine groups is 1. The average Bonchev–Trinajstić information content (AvgIpc) is 3.20. The van der Waals surface area contributed by atoms with Crippen LogP contribution in [0.1, 0.15) is 16.8 Å². The Hall–Kier alpha value is -3.25. The van der Waals surface area contributed by atoms with E-state index in [1.165, 1.54) is 0 Å². The van der Waals surface area contributed by atoms with E-state index < -0.39 is 0 Å². The van der Waals surface area contributed by atoms with Crippen LogP contribution in [0.4, 0.5) is 17.5 Å². The van der Waals surface area contributed by atoms with Gasteiger partial charge in [0, 0.05) is 40.2 Å². The van der Waals surface area contributed by atoms with E-state index in [1.807, 2.05) is 49.5 Å². The molecular weight excluding hydrogens is 372 g/mol. The molecule has 6 nitrogen and oxygen atoms in total. The van der Waals surface area contributed by atoms with Crippen molar-refractivity contribution in [2.24, 2.45) is 4.99 Å². The number of halogens is 1. The second-order valence-electron chi connectivity index (χ2n) is 6.68. The quantitative estimate of drug-likeness (QED) is 0.722. The molecule has 0 unspecified atom stereocenters. The highest BCUT2D eigenvalue weighted by molar-refractivity contribution is 6.40. The molecule has 0 radical (unpaired) electrons. The van der Waals surface area contributed by atoms with Crippen molar-refractivity contribution in [2.75, 3.05) is 23.3 Å². The van der Waals surface area contributed by atoms with Crippen LogP contribution in [0, 0.1) is 6.92 Å². The number of aliphatic imine (C=N–C) groups is 1. The zero-order valence-corrected chi connectivity index (χ0v) is 16.0. The minimum absolute atomic E-state index is 0.533. The number of nitrogens with zero attached hydrogens (tertiary/aromatic N) is 5. The zero-order valence-electron chi connectivity index (χ0n) is 15.2. The van der Waals surface area contributed by atoms with E-state index in [-0.39, 0.29) is 0 Å². The minimum atomic E-state index is 0.533. The lowest BCUT2D eigenvalue weighted by Gasteiger charge is -2.27. The van der Waals surface area contributed by atoms with Crippen LogP contribution in [0.2, 0.25) is 5.02 Å². The number of rotatable bonds is 3. The van der Waals surface area contributed by atoms with Gasteiger partial charge < -0.3 is 10.2 Å². The number of fused-ring (bicyclic) bond motifs is 3. The molecule has 138 valence electrons. The molecule has 0 aliphatic carbocycles. The molecule has 7 heteroatoms. The molecule has 0 atom stereocenters. The second-order valence-corrected chi connectivity index (χ2v) is 7.09. The third-order valence-electron chi connectivity index (χ3n) is 4.76. The maximum absolute atomic E-state index is 6.44. The van der Waals surface area contributed by atoms with Crippen molar-refractivity contribution in [1.29, 1.82) is 0 Å². The summed E-state index contributed by atoms with van der Waals surface area (Å²) in [7, 11) is 0. The van der Waals surface area contributed by atoms with Gasteiger partial charge in [0.15, 0.2) is 0 Å². The molecule has 5 rings (SSSR count). The highest BCUT2D eigenvalue weighted by Gasteiger charge is 2.31. The fraction of sp³-hybridized carbons (Fsp3) is 0.143. The number of aryl methyl sites for hydroxylation is 1. The largest absolute Gasteiger partial charge is 0.323 e. The molecule has 2 aromatic heterocycles. The molecule has 1 N–H and O–H groups in total. The smallest absolute Gasteiger partial charge is 0.229 e. The molecule has 0 spiro atoms. The number of hydrogen-bond acceptors (Lipinski definition) is 6. The van der Waals surface area contributed by atoms with Crippen LogP contribution in [-0.2, 0) is 0 Å². The number of benzene rings is 1. The summed E-state index contributed by atoms with van der Waals surface area (Å²) >= 11 is 6.44. The van der Waals surface area contributed by atoms with E-state index >= 15 is 0 Å². The first-order valence-corrected chi connectivity index (χ1v) is 9.42. The summed E-state index contributed by atoms with van der Waals surface area (Å²) in [6, 6.07) is 11.7. The van der Waals surface area contributed by atoms with Crippen molar-refractivity contribution in [1.82, 2.24) is 15.0 Å². The Kier molecular flexibility index (Phi) is 4.06. The van der Waals surface area contributed by atoms with Gasteiger partial charge in [0.1, 0.15) is 11.7 Å². The first-order chi connectivity index (χ1) is 13.7. The van der Waals surface area contributed by atoms with Gasteiger partial charge in [-0.15, -0.1) is 0 Å². The predicted molar refractivity (Wildman–Crippen MR) is 113 cm³/mol. The van der Waals surface area contributed by atoms with Crippen LogP contribution in [0.5, 0.6) is 0 Å². The van der Waals surface area contributed by atoms with Gasteiger partial charge >= 0.3 is 0 Å². The summed E-state index contributed by atoms with van der Waals surface area (Å²) in [6.45, 7) is 3.47. The summed E-state index contributed by atoms with van der Waals surface area (Å²) in [5.74, 6) is 2.29. The molecule has 0 bridgehead atoms. The maximum Gasteiger partial charge on any atom is 0.229 e. The van der Waals surface area contributed by atoms with Gasteiger partial charge in [0.2, 0.25) is 5.95 Å². The van der Waals surface area contributed by atoms with Crippen LogP contribution in [-0.4, -0.2) is 33.9 Å². The first kappa shape index (κ1) is 16.9. The fourth-order valence-electron chi connectivity index (χ4n) is 3.41. The van der Waals surface area contributed by atoms with Crippen molar-refractivity contribution >= 4 is 46.5 Å². The van der Waals surface area contributed by atoms with E-state index in [1.54, 1.807) is 6.20 Å². The first-order valence-electron chi connectivity index (χ1n) is 9.05. The molecule has 0 amide bonds. The van der Waals surface area contributed by atoms with Crippen LogP contribution in [0.15, 0.2) is 53.8 Å². The zero-order chi connectivity index (χ0) is 19.1. The van der Waals surface area contributed by atoms with Gasteiger partial charge in [0.25, 0.3) is 0 Å². The molecular formula is C21H17ClN6. The lowest BCUT2D eigenvalue weighted by Crippen LogP contribution is -2.32. The van der Waals surface area contributed by atoms with E-state index in [4.69, 9.17) is 21.6 Å².